The van der Waals surface area contributed by atoms with Crippen molar-refractivity contribution >= 4 is 28.4 Å². The fraction of sp³-hybridized carbons (Fsp3) is 0.235. The second kappa shape index (κ2) is 6.57. The highest BCUT2D eigenvalue weighted by Gasteiger charge is 2.13. The minimum Gasteiger partial charge on any atom is -0.361 e. The number of benzene rings is 1. The summed E-state index contributed by atoms with van der Waals surface area (Å²) in [7, 11) is 0. The number of H-pyrrole nitrogens is 1. The van der Waals surface area contributed by atoms with E-state index in [-0.39, 0.29) is 0 Å². The molecule has 1 aromatic carbocycles. The van der Waals surface area contributed by atoms with Gasteiger partial charge in [-0.05, 0) is 44.2 Å². The number of amides is 2. The van der Waals surface area contributed by atoms with Crippen LogP contribution < -0.4 is 10.6 Å². The highest BCUT2D eigenvalue weighted by Crippen LogP contribution is 2.17. The molecule has 124 valence electrons. The van der Waals surface area contributed by atoms with E-state index in [0.29, 0.717) is 18.8 Å². The Morgan fingerprint density at radius 2 is 2.00 bits per heavy atom. The van der Waals surface area contributed by atoms with E-state index >= 15 is 0 Å². The Labute approximate surface area is 139 Å². The molecule has 0 unspecified atom stereocenters. The quantitative estimate of drug-likeness (QED) is 0.638. The third-order valence-corrected chi connectivity index (χ3v) is 3.73. The van der Waals surface area contributed by atoms with Gasteiger partial charge in [0.15, 0.2) is 0 Å². The summed E-state index contributed by atoms with van der Waals surface area (Å²) in [5.41, 5.74) is 3.51. The van der Waals surface area contributed by atoms with Crippen LogP contribution in [0.15, 0.2) is 36.5 Å². The Kier molecular flexibility index (Phi) is 4.33. The lowest BCUT2D eigenvalue weighted by Gasteiger charge is -2.08. The van der Waals surface area contributed by atoms with Crippen molar-refractivity contribution in [1.29, 1.82) is 0 Å². The molecule has 24 heavy (non-hydrogen) atoms. The first kappa shape index (κ1) is 15.8. The van der Waals surface area contributed by atoms with Crippen molar-refractivity contribution in [3.8, 4) is 0 Å². The number of hydrogen-bond donors (Lipinski definition) is 3. The van der Waals surface area contributed by atoms with Crippen LogP contribution in [0.2, 0.25) is 0 Å². The predicted molar refractivity (Wildman–Crippen MR) is 91.6 cm³/mol. The van der Waals surface area contributed by atoms with Gasteiger partial charge in [-0.25, -0.2) is 0 Å². The van der Waals surface area contributed by atoms with E-state index in [4.69, 9.17) is 0 Å². The second-order valence-corrected chi connectivity index (χ2v) is 5.64. The Bertz CT molecular complexity index is 893. The molecule has 2 aromatic heterocycles. The van der Waals surface area contributed by atoms with E-state index in [1.54, 1.807) is 10.7 Å². The number of nitrogens with one attached hydrogen (secondary N) is 3. The topological polar surface area (TPSA) is 91.8 Å². The predicted octanol–water partition coefficient (Wildman–Crippen LogP) is 1.74. The number of aromatic nitrogens is 3. The summed E-state index contributed by atoms with van der Waals surface area (Å²) in [6.07, 6.45) is 1.82. The third-order valence-electron chi connectivity index (χ3n) is 3.73. The minimum atomic E-state index is -0.682. The highest BCUT2D eigenvalue weighted by molar-refractivity contribution is 6.39. The van der Waals surface area contributed by atoms with Gasteiger partial charge in [0.1, 0.15) is 0 Å². The van der Waals surface area contributed by atoms with Crippen molar-refractivity contribution in [3.05, 3.63) is 47.9 Å². The molecule has 7 heteroatoms. The van der Waals surface area contributed by atoms with Crippen molar-refractivity contribution in [2.45, 2.75) is 20.4 Å². The standard InChI is InChI=1S/C17H19N5O2/c1-11-9-12(2)22(21-11)8-7-19-16(23)17(24)20-14-3-4-15-13(10-14)5-6-18-15/h3-6,9-10,18H,7-8H2,1-2H3,(H,19,23)(H,20,24). The van der Waals surface area contributed by atoms with Crippen LogP contribution in [0.3, 0.4) is 0 Å². The Morgan fingerprint density at radius 1 is 1.17 bits per heavy atom. The number of aryl methyl sites for hydroxylation is 2. The Hall–Kier alpha value is -3.09. The van der Waals surface area contributed by atoms with E-state index in [1.165, 1.54) is 0 Å². The summed E-state index contributed by atoms with van der Waals surface area (Å²) in [6, 6.07) is 9.28. The molecule has 0 atom stereocenters. The zero-order valence-electron chi connectivity index (χ0n) is 13.6. The fourth-order valence-electron chi connectivity index (χ4n) is 2.58. The van der Waals surface area contributed by atoms with Crippen LogP contribution in [-0.2, 0) is 16.1 Å². The maximum absolute atomic E-state index is 11.9. The minimum absolute atomic E-state index is 0.338. The number of aromatic amines is 1. The summed E-state index contributed by atoms with van der Waals surface area (Å²) in [4.78, 5) is 26.9. The number of rotatable bonds is 4. The molecule has 0 spiro atoms. The zero-order chi connectivity index (χ0) is 17.1. The largest absolute Gasteiger partial charge is 0.361 e. The number of fused-ring (bicyclic) bond motifs is 1. The van der Waals surface area contributed by atoms with E-state index in [1.807, 2.05) is 44.3 Å². The molecule has 0 saturated carbocycles. The summed E-state index contributed by atoms with van der Waals surface area (Å²) in [6.45, 7) is 4.72. The van der Waals surface area contributed by atoms with Crippen LogP contribution in [0.25, 0.3) is 10.9 Å². The summed E-state index contributed by atoms with van der Waals surface area (Å²) in [5, 5.41) is 10.5. The van der Waals surface area contributed by atoms with Gasteiger partial charge in [0, 0.05) is 35.0 Å². The lowest BCUT2D eigenvalue weighted by molar-refractivity contribution is -0.136. The molecule has 0 aliphatic rings. The second-order valence-electron chi connectivity index (χ2n) is 5.64. The van der Waals surface area contributed by atoms with Crippen LogP contribution in [0.4, 0.5) is 5.69 Å². The van der Waals surface area contributed by atoms with Gasteiger partial charge < -0.3 is 15.6 Å². The molecule has 2 amide bonds. The third kappa shape index (κ3) is 3.45. The molecule has 2 heterocycles. The Balaban J connectivity index is 1.52. The lowest BCUT2D eigenvalue weighted by atomic mass is 10.2. The normalized spacial score (nSPS) is 10.8. The molecular formula is C17H19N5O2. The van der Waals surface area contributed by atoms with Crippen LogP contribution >= 0.6 is 0 Å². The van der Waals surface area contributed by atoms with Gasteiger partial charge in [-0.1, -0.05) is 0 Å². The maximum atomic E-state index is 11.9. The van der Waals surface area contributed by atoms with Crippen molar-refractivity contribution in [1.82, 2.24) is 20.1 Å². The van der Waals surface area contributed by atoms with Crippen LogP contribution in [-0.4, -0.2) is 33.1 Å². The molecule has 0 fully saturated rings. The number of carbonyl (C=O) groups is 2. The molecule has 3 N–H and O–H groups in total. The fourth-order valence-corrected chi connectivity index (χ4v) is 2.58. The zero-order valence-corrected chi connectivity index (χ0v) is 13.6. The number of hydrogen-bond acceptors (Lipinski definition) is 3. The van der Waals surface area contributed by atoms with Gasteiger partial charge in [-0.3, -0.25) is 14.3 Å². The summed E-state index contributed by atoms with van der Waals surface area (Å²) >= 11 is 0. The first-order valence-corrected chi connectivity index (χ1v) is 7.70. The summed E-state index contributed by atoms with van der Waals surface area (Å²) in [5.74, 6) is -1.34. The number of carbonyl (C=O) groups excluding carboxylic acids is 2. The smallest absolute Gasteiger partial charge is 0.313 e. The van der Waals surface area contributed by atoms with E-state index in [9.17, 15) is 9.59 Å². The molecule has 3 rings (SSSR count). The number of nitrogens with zero attached hydrogens (tertiary/aromatic N) is 2. The van der Waals surface area contributed by atoms with Gasteiger partial charge in [0.2, 0.25) is 0 Å². The van der Waals surface area contributed by atoms with Gasteiger partial charge in [-0.15, -0.1) is 0 Å². The molecular weight excluding hydrogens is 306 g/mol. The first-order valence-electron chi connectivity index (χ1n) is 7.70. The molecule has 0 saturated heterocycles. The molecule has 0 aliphatic heterocycles. The van der Waals surface area contributed by atoms with Crippen molar-refractivity contribution in [3.63, 3.8) is 0 Å². The van der Waals surface area contributed by atoms with E-state index in [0.717, 1.165) is 22.3 Å². The SMILES string of the molecule is Cc1cc(C)n(CCNC(=O)C(=O)Nc2ccc3[nH]ccc3c2)n1. The molecule has 7 nitrogen and oxygen atoms in total. The maximum Gasteiger partial charge on any atom is 0.313 e. The van der Waals surface area contributed by atoms with E-state index < -0.39 is 11.8 Å². The summed E-state index contributed by atoms with van der Waals surface area (Å²) < 4.78 is 1.80. The van der Waals surface area contributed by atoms with Crippen LogP contribution in [0.5, 0.6) is 0 Å². The monoisotopic (exact) mass is 325 g/mol. The highest BCUT2D eigenvalue weighted by atomic mass is 16.2. The molecule has 0 bridgehead atoms. The molecule has 3 aromatic rings. The van der Waals surface area contributed by atoms with Crippen molar-refractivity contribution in [2.75, 3.05) is 11.9 Å². The number of anilines is 1. The lowest BCUT2D eigenvalue weighted by Crippen LogP contribution is -2.37. The van der Waals surface area contributed by atoms with Gasteiger partial charge in [0.05, 0.1) is 12.2 Å². The molecule has 0 radical (unpaired) electrons. The van der Waals surface area contributed by atoms with E-state index in [2.05, 4.69) is 20.7 Å². The van der Waals surface area contributed by atoms with Crippen LogP contribution in [0.1, 0.15) is 11.4 Å². The average Bonchev–Trinajstić information content (AvgIpc) is 3.13. The van der Waals surface area contributed by atoms with Crippen molar-refractivity contribution < 1.29 is 9.59 Å². The molecule has 0 aliphatic carbocycles. The van der Waals surface area contributed by atoms with Gasteiger partial charge in [0.25, 0.3) is 0 Å². The average molecular weight is 325 g/mol. The first-order chi connectivity index (χ1) is 11.5. The van der Waals surface area contributed by atoms with Gasteiger partial charge >= 0.3 is 11.8 Å². The van der Waals surface area contributed by atoms with Gasteiger partial charge in [-0.2, -0.15) is 5.10 Å². The van der Waals surface area contributed by atoms with Crippen LogP contribution in [0, 0.1) is 13.8 Å². The van der Waals surface area contributed by atoms with Crippen molar-refractivity contribution in [2.24, 2.45) is 0 Å². The Morgan fingerprint density at radius 3 is 2.75 bits per heavy atom.